The monoisotopic (exact) mass is 514 g/mol. The Labute approximate surface area is 215 Å². The SMILES string of the molecule is CC(C)(C)OC(=O)N1Cc2c(C(=O)O)n(-c3ccc(OC4CC4)cc3)c(=O)n2CC1CN1CCOCC1. The number of aromatic carboxylic acids is 1. The van der Waals surface area contributed by atoms with Gasteiger partial charge in [0.15, 0.2) is 5.69 Å². The molecule has 1 unspecified atom stereocenters. The number of carboxylic acids is 1. The lowest BCUT2D eigenvalue weighted by molar-refractivity contribution is -0.00955. The largest absolute Gasteiger partial charge is 0.490 e. The minimum atomic E-state index is -1.24. The molecule has 2 aromatic rings. The van der Waals surface area contributed by atoms with Crippen LogP contribution in [0.3, 0.4) is 0 Å². The molecule has 37 heavy (non-hydrogen) atoms. The third-order valence-electron chi connectivity index (χ3n) is 6.72. The number of fused-ring (bicyclic) bond motifs is 1. The molecule has 0 radical (unpaired) electrons. The van der Waals surface area contributed by atoms with E-state index < -0.39 is 23.4 Å². The van der Waals surface area contributed by atoms with Crippen LogP contribution in [0.25, 0.3) is 5.69 Å². The van der Waals surface area contributed by atoms with Crippen LogP contribution in [-0.4, -0.2) is 86.7 Å². The molecule has 1 aromatic heterocycles. The molecule has 3 heterocycles. The van der Waals surface area contributed by atoms with E-state index in [-0.39, 0.29) is 36.6 Å². The molecule has 1 aliphatic carbocycles. The molecule has 11 heteroatoms. The maximum absolute atomic E-state index is 13.6. The summed E-state index contributed by atoms with van der Waals surface area (Å²) in [7, 11) is 0. The summed E-state index contributed by atoms with van der Waals surface area (Å²) in [6, 6.07) is 6.50. The van der Waals surface area contributed by atoms with Gasteiger partial charge in [-0.25, -0.2) is 14.4 Å². The summed E-state index contributed by atoms with van der Waals surface area (Å²) in [6.07, 6.45) is 1.74. The Kier molecular flexibility index (Phi) is 6.76. The van der Waals surface area contributed by atoms with Crippen LogP contribution < -0.4 is 10.4 Å². The number of ether oxygens (including phenoxy) is 3. The van der Waals surface area contributed by atoms with Gasteiger partial charge < -0.3 is 19.3 Å². The molecule has 1 saturated heterocycles. The normalized spacial score (nSPS) is 20.4. The van der Waals surface area contributed by atoms with Crippen molar-refractivity contribution in [3.8, 4) is 11.4 Å². The predicted octanol–water partition coefficient (Wildman–Crippen LogP) is 2.33. The molecule has 0 bridgehead atoms. The van der Waals surface area contributed by atoms with Crippen molar-refractivity contribution in [1.82, 2.24) is 18.9 Å². The first-order chi connectivity index (χ1) is 17.6. The van der Waals surface area contributed by atoms with Gasteiger partial charge in [-0.1, -0.05) is 0 Å². The lowest BCUT2D eigenvalue weighted by Crippen LogP contribution is -2.55. The second kappa shape index (κ2) is 9.86. The van der Waals surface area contributed by atoms with E-state index in [9.17, 15) is 19.5 Å². The lowest BCUT2D eigenvalue weighted by Gasteiger charge is -2.40. The summed E-state index contributed by atoms with van der Waals surface area (Å²) in [6.45, 7) is 8.66. The second-order valence-corrected chi connectivity index (χ2v) is 10.8. The number of amides is 1. The van der Waals surface area contributed by atoms with Crippen LogP contribution in [0, 0.1) is 0 Å². The van der Waals surface area contributed by atoms with Gasteiger partial charge in [0.05, 0.1) is 43.3 Å². The van der Waals surface area contributed by atoms with Gasteiger partial charge in [-0.15, -0.1) is 0 Å². The van der Waals surface area contributed by atoms with Crippen LogP contribution in [0.4, 0.5) is 4.79 Å². The fraction of sp³-hybridized carbons (Fsp3) is 0.577. The van der Waals surface area contributed by atoms with Crippen LogP contribution in [0.5, 0.6) is 5.75 Å². The zero-order chi connectivity index (χ0) is 26.3. The first-order valence-corrected chi connectivity index (χ1v) is 12.8. The van der Waals surface area contributed by atoms with E-state index in [2.05, 4.69) is 4.90 Å². The lowest BCUT2D eigenvalue weighted by atomic mass is 10.1. The van der Waals surface area contributed by atoms with Crippen LogP contribution in [-0.2, 0) is 22.6 Å². The van der Waals surface area contributed by atoms with Crippen LogP contribution >= 0.6 is 0 Å². The van der Waals surface area contributed by atoms with Gasteiger partial charge in [0.25, 0.3) is 0 Å². The first kappa shape index (κ1) is 25.3. The Balaban J connectivity index is 1.51. The topological polar surface area (TPSA) is 115 Å². The molecule has 200 valence electrons. The average Bonchev–Trinajstić information content (AvgIpc) is 3.61. The van der Waals surface area contributed by atoms with Gasteiger partial charge in [0, 0.05) is 26.2 Å². The number of carbonyl (C=O) groups excluding carboxylic acids is 1. The molecule has 1 N–H and O–H groups in total. The van der Waals surface area contributed by atoms with Crippen molar-refractivity contribution in [3.05, 3.63) is 46.1 Å². The van der Waals surface area contributed by atoms with E-state index >= 15 is 0 Å². The third kappa shape index (κ3) is 5.52. The molecule has 1 atom stereocenters. The van der Waals surface area contributed by atoms with Gasteiger partial charge in [0.1, 0.15) is 11.4 Å². The Hall–Kier alpha value is -3.31. The van der Waals surface area contributed by atoms with E-state index in [1.54, 1.807) is 49.9 Å². The molecule has 1 aromatic carbocycles. The van der Waals surface area contributed by atoms with Crippen molar-refractivity contribution < 1.29 is 28.9 Å². The molecule has 2 aliphatic heterocycles. The maximum Gasteiger partial charge on any atom is 0.411 e. The highest BCUT2D eigenvalue weighted by Gasteiger charge is 2.39. The number of morpholine rings is 1. The number of rotatable bonds is 6. The van der Waals surface area contributed by atoms with Crippen LogP contribution in [0.15, 0.2) is 29.1 Å². The second-order valence-electron chi connectivity index (χ2n) is 10.8. The van der Waals surface area contributed by atoms with E-state index in [0.29, 0.717) is 31.2 Å². The van der Waals surface area contributed by atoms with Crippen LogP contribution in [0.1, 0.15) is 49.8 Å². The smallest absolute Gasteiger partial charge is 0.411 e. The molecular weight excluding hydrogens is 480 g/mol. The molecule has 1 amide bonds. The van der Waals surface area contributed by atoms with Gasteiger partial charge >= 0.3 is 17.8 Å². The molecular formula is C26H34N4O7. The van der Waals surface area contributed by atoms with E-state index in [1.807, 2.05) is 0 Å². The van der Waals surface area contributed by atoms with E-state index in [0.717, 1.165) is 25.9 Å². The Bertz CT molecular complexity index is 1220. The zero-order valence-corrected chi connectivity index (χ0v) is 21.5. The maximum atomic E-state index is 13.6. The molecule has 1 saturated carbocycles. The van der Waals surface area contributed by atoms with Crippen molar-refractivity contribution in [2.45, 2.75) is 64.4 Å². The number of carboxylic acid groups (broad SMARTS) is 1. The minimum absolute atomic E-state index is 0.0450. The van der Waals surface area contributed by atoms with Gasteiger partial charge in [-0.2, -0.15) is 0 Å². The summed E-state index contributed by atoms with van der Waals surface area (Å²) < 4.78 is 19.6. The fourth-order valence-electron chi connectivity index (χ4n) is 4.82. The Morgan fingerprint density at radius 1 is 1.11 bits per heavy atom. The van der Waals surface area contributed by atoms with E-state index in [1.165, 1.54) is 9.13 Å². The van der Waals surface area contributed by atoms with Crippen molar-refractivity contribution in [1.29, 1.82) is 0 Å². The summed E-state index contributed by atoms with van der Waals surface area (Å²) >= 11 is 0. The quantitative estimate of drug-likeness (QED) is 0.625. The zero-order valence-electron chi connectivity index (χ0n) is 21.5. The van der Waals surface area contributed by atoms with Crippen molar-refractivity contribution in [3.63, 3.8) is 0 Å². The number of imidazole rings is 1. The molecule has 11 nitrogen and oxygen atoms in total. The standard InChI is InChI=1S/C26H34N4O7/c1-26(2,3)37-25(34)28-16-21-22(23(31)32)30(17-4-6-19(7-5-17)36-20-8-9-20)24(33)29(21)15-18(28)14-27-10-12-35-13-11-27/h4-7,18,20H,8-16H2,1-3H3,(H,31,32). The van der Waals surface area contributed by atoms with Gasteiger partial charge in [-0.05, 0) is 57.9 Å². The first-order valence-electron chi connectivity index (χ1n) is 12.8. The molecule has 3 aliphatic rings. The highest BCUT2D eigenvalue weighted by Crippen LogP contribution is 2.29. The van der Waals surface area contributed by atoms with Gasteiger partial charge in [-0.3, -0.25) is 18.9 Å². The summed E-state index contributed by atoms with van der Waals surface area (Å²) in [4.78, 5) is 43.1. The number of hydrogen-bond donors (Lipinski definition) is 1. The summed E-state index contributed by atoms with van der Waals surface area (Å²) in [5, 5.41) is 10.2. The highest BCUT2D eigenvalue weighted by atomic mass is 16.6. The molecule has 5 rings (SSSR count). The summed E-state index contributed by atoms with van der Waals surface area (Å²) in [5.74, 6) is -0.554. The van der Waals surface area contributed by atoms with Crippen LogP contribution in [0.2, 0.25) is 0 Å². The Morgan fingerprint density at radius 3 is 2.38 bits per heavy atom. The number of aromatic nitrogens is 2. The van der Waals surface area contributed by atoms with Crippen molar-refractivity contribution in [2.75, 3.05) is 32.8 Å². The minimum Gasteiger partial charge on any atom is -0.490 e. The van der Waals surface area contributed by atoms with Gasteiger partial charge in [0.2, 0.25) is 0 Å². The number of nitrogens with zero attached hydrogens (tertiary/aromatic N) is 4. The fourth-order valence-corrected chi connectivity index (χ4v) is 4.82. The highest BCUT2D eigenvalue weighted by molar-refractivity contribution is 5.88. The number of benzene rings is 1. The van der Waals surface area contributed by atoms with E-state index in [4.69, 9.17) is 14.2 Å². The average molecular weight is 515 g/mol. The number of hydrogen-bond acceptors (Lipinski definition) is 7. The Morgan fingerprint density at radius 2 is 1.78 bits per heavy atom. The predicted molar refractivity (Wildman–Crippen MR) is 133 cm³/mol. The third-order valence-corrected chi connectivity index (χ3v) is 6.72. The summed E-state index contributed by atoms with van der Waals surface area (Å²) in [5.41, 5.74) is -0.608. The van der Waals surface area contributed by atoms with Crippen molar-refractivity contribution in [2.24, 2.45) is 0 Å². The molecule has 0 spiro atoms. The molecule has 2 fully saturated rings. The number of carbonyl (C=O) groups is 2. The van der Waals surface area contributed by atoms with Crippen molar-refractivity contribution >= 4 is 12.1 Å².